The highest BCUT2D eigenvalue weighted by Crippen LogP contribution is 2.43. The molecule has 0 aliphatic heterocycles. The van der Waals surface area contributed by atoms with E-state index in [9.17, 15) is 9.59 Å². The Morgan fingerprint density at radius 1 is 1.28 bits per heavy atom. The highest BCUT2D eigenvalue weighted by Gasteiger charge is 2.39. The number of carbonyl (C=O) groups is 2. The summed E-state index contributed by atoms with van der Waals surface area (Å²) < 4.78 is 0. The molecule has 2 aliphatic rings. The monoisotopic (exact) mass is 249 g/mol. The number of ketones is 1. The van der Waals surface area contributed by atoms with Gasteiger partial charge in [0.2, 0.25) is 5.91 Å². The Hall–Kier alpha value is -1.12. The van der Waals surface area contributed by atoms with Gasteiger partial charge in [-0.15, -0.1) is 0 Å². The van der Waals surface area contributed by atoms with Crippen molar-refractivity contribution in [3.8, 4) is 0 Å². The molecule has 18 heavy (non-hydrogen) atoms. The van der Waals surface area contributed by atoms with Crippen LogP contribution >= 0.6 is 0 Å². The van der Waals surface area contributed by atoms with E-state index in [1.165, 1.54) is 0 Å². The van der Waals surface area contributed by atoms with Gasteiger partial charge in [0.05, 0.1) is 0 Å². The predicted molar refractivity (Wildman–Crippen MR) is 70.9 cm³/mol. The van der Waals surface area contributed by atoms with E-state index < -0.39 is 0 Å². The molecule has 0 heterocycles. The van der Waals surface area contributed by atoms with Crippen LogP contribution < -0.4 is 5.32 Å². The Bertz CT molecular complexity index is 360. The standard InChI is InChI=1S/C15H23NO2/c1-10(2)14(17)4-3-7-16-15(18)13-9-11-5-6-12(13)8-11/h5-6,10-13H,3-4,7-9H2,1-2H3,(H,16,18). The van der Waals surface area contributed by atoms with Gasteiger partial charge in [-0.1, -0.05) is 26.0 Å². The molecule has 1 N–H and O–H groups in total. The third-order valence-electron chi connectivity index (χ3n) is 4.16. The molecule has 2 bridgehead atoms. The van der Waals surface area contributed by atoms with Crippen molar-refractivity contribution in [2.75, 3.05) is 6.54 Å². The van der Waals surface area contributed by atoms with Crippen molar-refractivity contribution in [2.45, 2.75) is 39.5 Å². The van der Waals surface area contributed by atoms with Crippen molar-refractivity contribution in [3.05, 3.63) is 12.2 Å². The van der Waals surface area contributed by atoms with E-state index in [0.717, 1.165) is 19.3 Å². The predicted octanol–water partition coefficient (Wildman–Crippen LogP) is 2.32. The maximum atomic E-state index is 12.0. The highest BCUT2D eigenvalue weighted by molar-refractivity contribution is 5.81. The molecule has 0 saturated heterocycles. The molecule has 1 fully saturated rings. The minimum Gasteiger partial charge on any atom is -0.356 e. The third kappa shape index (κ3) is 3.01. The first-order valence-corrected chi connectivity index (χ1v) is 7.06. The number of carbonyl (C=O) groups excluding carboxylic acids is 2. The lowest BCUT2D eigenvalue weighted by Gasteiger charge is -2.17. The fraction of sp³-hybridized carbons (Fsp3) is 0.733. The molecule has 100 valence electrons. The second-order valence-electron chi connectivity index (χ2n) is 5.90. The number of nitrogens with one attached hydrogen (secondary N) is 1. The van der Waals surface area contributed by atoms with E-state index in [2.05, 4.69) is 17.5 Å². The molecule has 1 amide bonds. The minimum absolute atomic E-state index is 0.108. The van der Waals surface area contributed by atoms with Crippen LogP contribution in [0.2, 0.25) is 0 Å². The topological polar surface area (TPSA) is 46.2 Å². The Morgan fingerprint density at radius 2 is 2.06 bits per heavy atom. The van der Waals surface area contributed by atoms with E-state index in [1.54, 1.807) is 0 Å². The first kappa shape index (κ1) is 13.3. The largest absolute Gasteiger partial charge is 0.356 e. The van der Waals surface area contributed by atoms with Gasteiger partial charge in [0.1, 0.15) is 5.78 Å². The van der Waals surface area contributed by atoms with Crippen LogP contribution in [0.25, 0.3) is 0 Å². The molecule has 3 unspecified atom stereocenters. The van der Waals surface area contributed by atoms with Crippen molar-refractivity contribution >= 4 is 11.7 Å². The Labute approximate surface area is 109 Å². The van der Waals surface area contributed by atoms with Crippen LogP contribution in [0.4, 0.5) is 0 Å². The molecule has 0 aromatic heterocycles. The lowest BCUT2D eigenvalue weighted by Crippen LogP contribution is -2.33. The SMILES string of the molecule is CC(C)C(=O)CCCNC(=O)C1CC2C=CC1C2. The maximum absolute atomic E-state index is 12.0. The van der Waals surface area contributed by atoms with Gasteiger partial charge in [-0.3, -0.25) is 9.59 Å². The number of rotatable bonds is 6. The molecule has 0 aromatic carbocycles. The summed E-state index contributed by atoms with van der Waals surface area (Å²) in [5, 5.41) is 2.98. The molecular formula is C15H23NO2. The average Bonchev–Trinajstić information content (AvgIpc) is 2.95. The van der Waals surface area contributed by atoms with Gasteiger partial charge in [-0.2, -0.15) is 0 Å². The lowest BCUT2D eigenvalue weighted by atomic mass is 9.93. The summed E-state index contributed by atoms with van der Waals surface area (Å²) >= 11 is 0. The number of fused-ring (bicyclic) bond motifs is 2. The van der Waals surface area contributed by atoms with Gasteiger partial charge in [0, 0.05) is 24.8 Å². The smallest absolute Gasteiger partial charge is 0.223 e. The third-order valence-corrected chi connectivity index (χ3v) is 4.16. The zero-order valence-corrected chi connectivity index (χ0v) is 11.3. The Balaban J connectivity index is 1.64. The fourth-order valence-electron chi connectivity index (χ4n) is 2.98. The summed E-state index contributed by atoms with van der Waals surface area (Å²) in [7, 11) is 0. The van der Waals surface area contributed by atoms with Crippen molar-refractivity contribution < 1.29 is 9.59 Å². The van der Waals surface area contributed by atoms with Gasteiger partial charge in [0.25, 0.3) is 0 Å². The van der Waals surface area contributed by atoms with Crippen molar-refractivity contribution in [2.24, 2.45) is 23.7 Å². The lowest BCUT2D eigenvalue weighted by molar-refractivity contribution is -0.126. The summed E-state index contributed by atoms with van der Waals surface area (Å²) in [6.07, 6.45) is 7.95. The zero-order valence-electron chi connectivity index (χ0n) is 11.3. The molecule has 0 radical (unpaired) electrons. The molecule has 0 spiro atoms. The highest BCUT2D eigenvalue weighted by atomic mass is 16.2. The first-order chi connectivity index (χ1) is 8.58. The van der Waals surface area contributed by atoms with Crippen LogP contribution in [0.5, 0.6) is 0 Å². The van der Waals surface area contributed by atoms with Gasteiger partial charge < -0.3 is 5.32 Å². The summed E-state index contributed by atoms with van der Waals surface area (Å²) in [4.78, 5) is 23.4. The van der Waals surface area contributed by atoms with Gasteiger partial charge in [0.15, 0.2) is 0 Å². The second kappa shape index (κ2) is 5.68. The molecule has 0 aromatic rings. The minimum atomic E-state index is 0.108. The second-order valence-corrected chi connectivity index (χ2v) is 5.90. The van der Waals surface area contributed by atoms with E-state index in [0.29, 0.717) is 24.8 Å². The average molecular weight is 249 g/mol. The number of Topliss-reactive ketones (excluding diaryl/α,β-unsaturated/α-hetero) is 1. The molecule has 3 atom stereocenters. The summed E-state index contributed by atoms with van der Waals surface area (Å²) in [6.45, 7) is 4.47. The van der Waals surface area contributed by atoms with E-state index in [1.807, 2.05) is 13.8 Å². The van der Waals surface area contributed by atoms with Gasteiger partial charge >= 0.3 is 0 Å². The summed E-state index contributed by atoms with van der Waals surface area (Å²) in [5.74, 6) is 1.86. The van der Waals surface area contributed by atoms with E-state index in [-0.39, 0.29) is 23.5 Å². The Kier molecular flexibility index (Phi) is 4.20. The van der Waals surface area contributed by atoms with Crippen LogP contribution in [0.1, 0.15) is 39.5 Å². The van der Waals surface area contributed by atoms with Gasteiger partial charge in [-0.05, 0) is 31.1 Å². The number of hydrogen-bond donors (Lipinski definition) is 1. The maximum Gasteiger partial charge on any atom is 0.223 e. The van der Waals surface area contributed by atoms with Crippen molar-refractivity contribution in [1.29, 1.82) is 0 Å². The van der Waals surface area contributed by atoms with Gasteiger partial charge in [-0.25, -0.2) is 0 Å². The van der Waals surface area contributed by atoms with Crippen LogP contribution in [0.3, 0.4) is 0 Å². The van der Waals surface area contributed by atoms with E-state index >= 15 is 0 Å². The van der Waals surface area contributed by atoms with E-state index in [4.69, 9.17) is 0 Å². The van der Waals surface area contributed by atoms with Crippen LogP contribution in [-0.2, 0) is 9.59 Å². The normalized spacial score (nSPS) is 28.9. The summed E-state index contributed by atoms with van der Waals surface area (Å²) in [5.41, 5.74) is 0. The molecule has 3 heteroatoms. The van der Waals surface area contributed by atoms with Crippen LogP contribution in [0, 0.1) is 23.7 Å². The van der Waals surface area contributed by atoms with Crippen LogP contribution in [0.15, 0.2) is 12.2 Å². The van der Waals surface area contributed by atoms with Crippen LogP contribution in [-0.4, -0.2) is 18.2 Å². The zero-order chi connectivity index (χ0) is 13.1. The first-order valence-electron chi connectivity index (χ1n) is 7.06. The molecule has 2 rings (SSSR count). The Morgan fingerprint density at radius 3 is 2.61 bits per heavy atom. The number of allylic oxidation sites excluding steroid dienone is 2. The van der Waals surface area contributed by atoms with Crippen molar-refractivity contribution in [1.82, 2.24) is 5.32 Å². The quantitative estimate of drug-likeness (QED) is 0.580. The molecule has 1 saturated carbocycles. The number of amides is 1. The summed E-state index contributed by atoms with van der Waals surface area (Å²) in [6, 6.07) is 0. The fourth-order valence-corrected chi connectivity index (χ4v) is 2.98. The molecule has 2 aliphatic carbocycles. The molecular weight excluding hydrogens is 226 g/mol. The van der Waals surface area contributed by atoms with Crippen molar-refractivity contribution in [3.63, 3.8) is 0 Å². The number of hydrogen-bond acceptors (Lipinski definition) is 2. The molecule has 3 nitrogen and oxygen atoms in total.